The van der Waals surface area contributed by atoms with Crippen LogP contribution in [-0.4, -0.2) is 24.4 Å². The third kappa shape index (κ3) is 7.93. The molecule has 0 bridgehead atoms. The van der Waals surface area contributed by atoms with E-state index in [-0.39, 0.29) is 21.4 Å². The first-order valence-corrected chi connectivity index (χ1v) is 9.66. The lowest BCUT2D eigenvalue weighted by Gasteiger charge is -2.11. The molecule has 0 radical (unpaired) electrons. The molecule has 2 aromatic carbocycles. The Balaban J connectivity index is 1.79. The number of amides is 2. The molecular formula is C19H14Cl3F3N2O4. The minimum Gasteiger partial charge on any atom is -0.456 e. The normalized spacial score (nSPS) is 11.0. The van der Waals surface area contributed by atoms with E-state index < -0.39 is 49.0 Å². The number of anilines is 2. The van der Waals surface area contributed by atoms with Gasteiger partial charge in [-0.2, -0.15) is 13.2 Å². The lowest BCUT2D eigenvalue weighted by Crippen LogP contribution is -2.22. The molecule has 0 atom stereocenters. The molecule has 0 aliphatic carbocycles. The fraction of sp³-hybridized carbons (Fsp3) is 0.211. The van der Waals surface area contributed by atoms with E-state index in [1.807, 2.05) is 0 Å². The van der Waals surface area contributed by atoms with Crippen molar-refractivity contribution in [3.8, 4) is 0 Å². The quantitative estimate of drug-likeness (QED) is 0.490. The molecule has 0 aliphatic heterocycles. The van der Waals surface area contributed by atoms with E-state index in [0.717, 1.165) is 12.1 Å². The van der Waals surface area contributed by atoms with Gasteiger partial charge < -0.3 is 15.4 Å². The molecule has 0 aliphatic rings. The SMILES string of the molecule is O=C(CCC(=O)OCC(=O)Nc1ccc(Cl)cc1Cl)Nc1cc(C(F)(F)F)ccc1Cl. The summed E-state index contributed by atoms with van der Waals surface area (Å²) < 4.78 is 43.0. The Morgan fingerprint density at radius 1 is 0.839 bits per heavy atom. The van der Waals surface area contributed by atoms with Crippen LogP contribution in [0.2, 0.25) is 15.1 Å². The van der Waals surface area contributed by atoms with Crippen LogP contribution in [0, 0.1) is 0 Å². The maximum absolute atomic E-state index is 12.8. The maximum Gasteiger partial charge on any atom is 0.416 e. The van der Waals surface area contributed by atoms with Crippen molar-refractivity contribution in [3.05, 3.63) is 57.0 Å². The van der Waals surface area contributed by atoms with Crippen LogP contribution >= 0.6 is 34.8 Å². The van der Waals surface area contributed by atoms with Gasteiger partial charge in [-0.15, -0.1) is 0 Å². The van der Waals surface area contributed by atoms with E-state index in [1.165, 1.54) is 18.2 Å². The molecule has 0 heterocycles. The highest BCUT2D eigenvalue weighted by molar-refractivity contribution is 6.36. The lowest BCUT2D eigenvalue weighted by molar-refractivity contribution is -0.147. The van der Waals surface area contributed by atoms with Gasteiger partial charge in [0.15, 0.2) is 6.61 Å². The van der Waals surface area contributed by atoms with Crippen molar-refractivity contribution in [2.45, 2.75) is 19.0 Å². The van der Waals surface area contributed by atoms with Crippen molar-refractivity contribution < 1.29 is 32.3 Å². The average Bonchev–Trinajstić information content (AvgIpc) is 2.67. The number of ether oxygens (including phenoxy) is 1. The molecule has 31 heavy (non-hydrogen) atoms. The molecule has 0 aromatic heterocycles. The first-order valence-electron chi connectivity index (χ1n) is 8.53. The number of halogens is 6. The predicted octanol–water partition coefficient (Wildman–Crippen LogP) is 5.57. The molecule has 2 aromatic rings. The average molecular weight is 498 g/mol. The fourth-order valence-corrected chi connectivity index (χ4v) is 2.84. The molecule has 2 rings (SSSR count). The van der Waals surface area contributed by atoms with E-state index in [1.54, 1.807) is 0 Å². The summed E-state index contributed by atoms with van der Waals surface area (Å²) in [5, 5.41) is 5.09. The minimum absolute atomic E-state index is 0.0959. The Morgan fingerprint density at radius 3 is 2.16 bits per heavy atom. The molecule has 0 saturated heterocycles. The number of benzene rings is 2. The Morgan fingerprint density at radius 2 is 1.52 bits per heavy atom. The zero-order valence-electron chi connectivity index (χ0n) is 15.5. The molecule has 0 saturated carbocycles. The van der Waals surface area contributed by atoms with E-state index in [0.29, 0.717) is 11.1 Å². The van der Waals surface area contributed by atoms with Crippen LogP contribution < -0.4 is 10.6 Å². The fourth-order valence-electron chi connectivity index (χ4n) is 2.22. The first-order chi connectivity index (χ1) is 14.5. The summed E-state index contributed by atoms with van der Waals surface area (Å²) in [6.07, 6.45) is -5.40. The summed E-state index contributed by atoms with van der Waals surface area (Å²) >= 11 is 17.4. The second-order valence-electron chi connectivity index (χ2n) is 6.07. The van der Waals surface area contributed by atoms with Gasteiger partial charge in [0.1, 0.15) is 0 Å². The minimum atomic E-state index is -4.61. The Hall–Kier alpha value is -2.49. The van der Waals surface area contributed by atoms with Crippen LogP contribution in [0.3, 0.4) is 0 Å². The van der Waals surface area contributed by atoms with Crippen LogP contribution in [0.4, 0.5) is 24.5 Å². The number of hydrogen-bond donors (Lipinski definition) is 2. The number of carbonyl (C=O) groups is 3. The number of rotatable bonds is 7. The van der Waals surface area contributed by atoms with Gasteiger partial charge in [0.05, 0.1) is 33.4 Å². The third-order valence-electron chi connectivity index (χ3n) is 3.69. The highest BCUT2D eigenvalue weighted by atomic mass is 35.5. The van der Waals surface area contributed by atoms with Gasteiger partial charge >= 0.3 is 12.1 Å². The Labute approximate surface area is 189 Å². The lowest BCUT2D eigenvalue weighted by atomic mass is 10.2. The standard InChI is InChI=1S/C19H14Cl3F3N2O4/c20-11-2-4-14(13(22)8-11)26-17(29)9-31-18(30)6-5-16(28)27-15-7-10(19(23,24)25)1-3-12(15)21/h1-4,7-8H,5-6,9H2,(H,26,29)(H,27,28). The largest absolute Gasteiger partial charge is 0.456 e. The van der Waals surface area contributed by atoms with Gasteiger partial charge in [0.2, 0.25) is 5.91 Å². The molecule has 2 amide bonds. The summed E-state index contributed by atoms with van der Waals surface area (Å²) in [6, 6.07) is 6.85. The van der Waals surface area contributed by atoms with Crippen LogP contribution in [0.1, 0.15) is 18.4 Å². The number of nitrogens with one attached hydrogen (secondary N) is 2. The highest BCUT2D eigenvalue weighted by Gasteiger charge is 2.31. The van der Waals surface area contributed by atoms with Crippen LogP contribution in [0.5, 0.6) is 0 Å². The van der Waals surface area contributed by atoms with Gasteiger partial charge in [0.25, 0.3) is 5.91 Å². The summed E-state index contributed by atoms with van der Waals surface area (Å²) in [4.78, 5) is 35.4. The van der Waals surface area contributed by atoms with Crippen molar-refractivity contribution >= 4 is 64.0 Å². The maximum atomic E-state index is 12.8. The van der Waals surface area contributed by atoms with Crippen molar-refractivity contribution in [1.82, 2.24) is 0 Å². The van der Waals surface area contributed by atoms with Crippen molar-refractivity contribution in [2.24, 2.45) is 0 Å². The molecular weight excluding hydrogens is 484 g/mol. The number of hydrogen-bond acceptors (Lipinski definition) is 4. The number of carbonyl (C=O) groups excluding carboxylic acids is 3. The zero-order chi connectivity index (χ0) is 23.2. The van der Waals surface area contributed by atoms with E-state index in [4.69, 9.17) is 39.5 Å². The number of alkyl halides is 3. The summed E-state index contributed by atoms with van der Waals surface area (Å²) in [5.41, 5.74) is -0.961. The molecule has 2 N–H and O–H groups in total. The monoisotopic (exact) mass is 496 g/mol. The van der Waals surface area contributed by atoms with Gasteiger partial charge in [0, 0.05) is 11.4 Å². The predicted molar refractivity (Wildman–Crippen MR) is 110 cm³/mol. The van der Waals surface area contributed by atoms with Gasteiger partial charge in [-0.1, -0.05) is 34.8 Å². The van der Waals surface area contributed by atoms with Crippen LogP contribution in [-0.2, 0) is 25.3 Å². The summed E-state index contributed by atoms with van der Waals surface area (Å²) in [6.45, 7) is -0.626. The molecule has 0 fully saturated rings. The topological polar surface area (TPSA) is 84.5 Å². The summed E-state index contributed by atoms with van der Waals surface area (Å²) in [7, 11) is 0. The zero-order valence-corrected chi connectivity index (χ0v) is 17.8. The molecule has 12 heteroatoms. The smallest absolute Gasteiger partial charge is 0.416 e. The molecule has 6 nitrogen and oxygen atoms in total. The van der Waals surface area contributed by atoms with E-state index in [9.17, 15) is 27.6 Å². The van der Waals surface area contributed by atoms with Crippen molar-refractivity contribution in [2.75, 3.05) is 17.2 Å². The van der Waals surface area contributed by atoms with Gasteiger partial charge in [-0.3, -0.25) is 14.4 Å². The first kappa shape index (κ1) is 24.8. The second-order valence-corrected chi connectivity index (χ2v) is 7.32. The van der Waals surface area contributed by atoms with E-state index >= 15 is 0 Å². The van der Waals surface area contributed by atoms with Crippen LogP contribution in [0.25, 0.3) is 0 Å². The van der Waals surface area contributed by atoms with Gasteiger partial charge in [-0.25, -0.2) is 0 Å². The molecule has 166 valence electrons. The van der Waals surface area contributed by atoms with Crippen molar-refractivity contribution in [3.63, 3.8) is 0 Å². The van der Waals surface area contributed by atoms with Gasteiger partial charge in [-0.05, 0) is 36.4 Å². The second kappa shape index (κ2) is 10.7. The molecule has 0 unspecified atom stereocenters. The third-order valence-corrected chi connectivity index (χ3v) is 4.57. The summed E-state index contributed by atoms with van der Waals surface area (Å²) in [5.74, 6) is -2.28. The van der Waals surface area contributed by atoms with Crippen LogP contribution in [0.15, 0.2) is 36.4 Å². The Bertz CT molecular complexity index is 1000. The van der Waals surface area contributed by atoms with E-state index in [2.05, 4.69) is 10.6 Å². The highest BCUT2D eigenvalue weighted by Crippen LogP contribution is 2.33. The Kier molecular flexibility index (Phi) is 8.55. The number of esters is 1. The van der Waals surface area contributed by atoms with Crippen molar-refractivity contribution in [1.29, 1.82) is 0 Å². The molecule has 0 spiro atoms.